The van der Waals surface area contributed by atoms with Crippen molar-refractivity contribution < 1.29 is 61.3 Å². The summed E-state index contributed by atoms with van der Waals surface area (Å²) in [5, 5.41) is 4.90. The number of nitrogens with zero attached hydrogens (tertiary/aromatic N) is 3. The molecule has 0 amide bonds. The van der Waals surface area contributed by atoms with Crippen molar-refractivity contribution in [2.24, 2.45) is 0 Å². The Balaban J connectivity index is 0.000000245. The zero-order valence-electron chi connectivity index (χ0n) is 49.9. The molecule has 0 radical (unpaired) electrons. The van der Waals surface area contributed by atoms with Gasteiger partial charge >= 0.3 is 29.6 Å². The van der Waals surface area contributed by atoms with Crippen molar-refractivity contribution >= 4 is 61.8 Å². The molecule has 5 aliphatic rings. The Hall–Kier alpha value is -4.76. The van der Waals surface area contributed by atoms with Gasteiger partial charge in [-0.05, 0) is 142 Å². The van der Waals surface area contributed by atoms with Gasteiger partial charge in [-0.15, -0.1) is 0 Å². The summed E-state index contributed by atoms with van der Waals surface area (Å²) in [4.78, 5) is 4.42. The largest absolute Gasteiger partial charge is 1.00 e. The van der Waals surface area contributed by atoms with Crippen molar-refractivity contribution in [3.63, 3.8) is 0 Å². The molecule has 4 aromatic carbocycles. The van der Waals surface area contributed by atoms with E-state index in [1.54, 1.807) is 27.4 Å². The molecule has 9 rings (SSSR count). The summed E-state index contributed by atoms with van der Waals surface area (Å²) < 4.78 is 53.7. The van der Waals surface area contributed by atoms with Crippen LogP contribution in [-0.4, -0.2) is 84.0 Å². The van der Waals surface area contributed by atoms with Crippen LogP contribution in [0.25, 0.3) is 0 Å². The summed E-state index contributed by atoms with van der Waals surface area (Å²) in [5.74, 6) is 0. The molecule has 0 aromatic heterocycles. The van der Waals surface area contributed by atoms with Gasteiger partial charge in [0.2, 0.25) is 5.69 Å². The van der Waals surface area contributed by atoms with E-state index >= 15 is 0 Å². The smallest absolute Gasteiger partial charge is 0.744 e. The molecule has 81 heavy (non-hydrogen) atoms. The standard InChI is InChI=1S/C37H45ClN2O5S.C15H16ClN.C15H21NO.Na/c1-25-11-15-31-29(23-25)36(2,3)33(39(31)19-21-44-6)17-12-26-9-8-10-27(35(26)38)13-18-34-37(4,5)30-24-28(46(41,42)43)14-16-32(30)40(34)20-22-45-7;1-2-12-7-6-8-13(15(12)16)11-17-14-9-4-3-5-10-14;1-11-6-7-14-13(10-11)15(3,4)12(2)16(14)8-9-17-5;/h11-18,23-24H,8-10,19-22H2,1-7H3;2-5,9-11,17H,1,6-8H2;6-7,10H,2,8-9H2,1,3-5H3;/q;;;+1/b;13-11+;;. The number of nitrogens with one attached hydrogen (secondary N) is 1. The van der Waals surface area contributed by atoms with Crippen LogP contribution in [0, 0.1) is 13.8 Å². The quantitative estimate of drug-likeness (QED) is 0.0667. The third-order valence-electron chi connectivity index (χ3n) is 16.2. The first-order valence-corrected chi connectivity index (χ1v) is 29.9. The SMILES string of the molecule is C=C1N(CCOC)c2ccc(C)cc2C1(C)C.C=CC1=C(Cl)/C(=C/Nc2ccccc2)CCC1.COCCN1C(=CC=C2CCCC(C=CC3=[N+](CCOC)c4ccc(S(=O)(=O)[O-])cc4C3(C)C)=C2Cl)C(C)(C)c2cc(C)ccc21.[Na+]. The monoisotopic (exact) mass is 1160 g/mol. The predicted octanol–water partition coefficient (Wildman–Crippen LogP) is 12.5. The molecule has 0 saturated carbocycles. The van der Waals surface area contributed by atoms with Gasteiger partial charge in [0.1, 0.15) is 16.7 Å². The number of hydrogen-bond donors (Lipinski definition) is 1. The number of benzene rings is 4. The Kier molecular flexibility index (Phi) is 22.8. The maximum Gasteiger partial charge on any atom is 1.00 e. The molecule has 0 unspecified atom stereocenters. The van der Waals surface area contributed by atoms with Crippen LogP contribution in [0.4, 0.5) is 22.7 Å². The van der Waals surface area contributed by atoms with Gasteiger partial charge in [-0.25, -0.2) is 8.42 Å². The first-order valence-electron chi connectivity index (χ1n) is 27.7. The van der Waals surface area contributed by atoms with E-state index < -0.39 is 15.5 Å². The molecule has 2 aliphatic carbocycles. The van der Waals surface area contributed by atoms with Gasteiger partial charge in [-0.2, -0.15) is 4.58 Å². The second-order valence-corrected chi connectivity index (χ2v) is 24.8. The van der Waals surface area contributed by atoms with Crippen LogP contribution in [0.3, 0.4) is 0 Å². The number of anilines is 3. The molecule has 1 N–H and O–H groups in total. The molecule has 14 heteroatoms. The Labute approximate surface area is 516 Å². The summed E-state index contributed by atoms with van der Waals surface area (Å²) in [7, 11) is 0.548. The summed E-state index contributed by atoms with van der Waals surface area (Å²) in [5.41, 5.74) is 17.7. The van der Waals surface area contributed by atoms with Crippen LogP contribution in [0.2, 0.25) is 0 Å². The maximum absolute atomic E-state index is 11.8. The average Bonchev–Trinajstić information content (AvgIpc) is 3.86. The fourth-order valence-electron chi connectivity index (χ4n) is 11.4. The zero-order chi connectivity index (χ0) is 58.2. The molecule has 0 atom stereocenters. The van der Waals surface area contributed by atoms with Gasteiger partial charge in [-0.3, -0.25) is 0 Å². The summed E-state index contributed by atoms with van der Waals surface area (Å²) in [6.07, 6.45) is 18.4. The Morgan fingerprint density at radius 2 is 1.25 bits per heavy atom. The number of hydrogen-bond acceptors (Lipinski definition) is 9. The first kappa shape index (κ1) is 65.4. The number of rotatable bonds is 16. The van der Waals surface area contributed by atoms with Crippen LogP contribution in [-0.2, 0) is 40.6 Å². The van der Waals surface area contributed by atoms with E-state index in [-0.39, 0.29) is 45.3 Å². The minimum absolute atomic E-state index is 0. The number of methoxy groups -OCH3 is 3. The van der Waals surface area contributed by atoms with E-state index in [0.717, 1.165) is 119 Å². The van der Waals surface area contributed by atoms with Gasteiger partial charge in [0, 0.05) is 108 Å². The van der Waals surface area contributed by atoms with Gasteiger partial charge < -0.3 is 33.9 Å². The van der Waals surface area contributed by atoms with Gasteiger partial charge in [0.15, 0.2) is 12.3 Å². The third kappa shape index (κ3) is 14.8. The molecule has 0 bridgehead atoms. The summed E-state index contributed by atoms with van der Waals surface area (Å²) in [6.45, 7) is 29.5. The van der Waals surface area contributed by atoms with E-state index in [4.69, 9.17) is 37.4 Å². The zero-order valence-corrected chi connectivity index (χ0v) is 54.2. The normalized spacial score (nSPS) is 19.3. The van der Waals surface area contributed by atoms with Crippen molar-refractivity contribution in [1.82, 2.24) is 0 Å². The molecule has 0 fully saturated rings. The number of aryl methyl sites for hydroxylation is 2. The van der Waals surface area contributed by atoms with E-state index in [1.807, 2.05) is 56.5 Å². The van der Waals surface area contributed by atoms with E-state index in [9.17, 15) is 13.0 Å². The molecule has 3 aliphatic heterocycles. The van der Waals surface area contributed by atoms with Crippen LogP contribution in [0.5, 0.6) is 0 Å². The minimum Gasteiger partial charge on any atom is -0.744 e. The summed E-state index contributed by atoms with van der Waals surface area (Å²) >= 11 is 13.4. The number of allylic oxidation sites excluding steroid dienone is 13. The predicted molar refractivity (Wildman–Crippen MR) is 332 cm³/mol. The van der Waals surface area contributed by atoms with Crippen LogP contribution < -0.4 is 44.7 Å². The van der Waals surface area contributed by atoms with Crippen molar-refractivity contribution in [3.05, 3.63) is 206 Å². The molecule has 3 heterocycles. The van der Waals surface area contributed by atoms with Gasteiger partial charge in [-0.1, -0.05) is 136 Å². The van der Waals surface area contributed by atoms with E-state index in [0.29, 0.717) is 19.8 Å². The summed E-state index contributed by atoms with van der Waals surface area (Å²) in [6, 6.07) is 28.0. The maximum atomic E-state index is 11.8. The average molecular weight is 1170 g/mol. The second kappa shape index (κ2) is 28.2. The molecule has 10 nitrogen and oxygen atoms in total. The topological polar surface area (TPSA) is 106 Å². The van der Waals surface area contributed by atoms with Crippen molar-refractivity contribution in [3.8, 4) is 0 Å². The van der Waals surface area contributed by atoms with Gasteiger partial charge in [0.25, 0.3) is 0 Å². The molecule has 0 spiro atoms. The first-order chi connectivity index (χ1) is 38.0. The fraction of sp³-hybridized carbons (Fsp3) is 0.388. The number of fused-ring (bicyclic) bond motifs is 3. The van der Waals surface area contributed by atoms with Gasteiger partial charge in [0.05, 0.1) is 23.5 Å². The second-order valence-electron chi connectivity index (χ2n) is 22.7. The molecule has 426 valence electrons. The molecular weight excluding hydrogens is 1080 g/mol. The Bertz CT molecular complexity index is 3310. The molecular formula is C67H82Cl2N4NaO6S+. The van der Waals surface area contributed by atoms with Crippen molar-refractivity contribution in [2.45, 2.75) is 115 Å². The molecule has 4 aromatic rings. The van der Waals surface area contributed by atoms with Crippen LogP contribution in [0.1, 0.15) is 108 Å². The Morgan fingerprint density at radius 1 is 0.679 bits per heavy atom. The Morgan fingerprint density at radius 3 is 1.85 bits per heavy atom. The van der Waals surface area contributed by atoms with E-state index in [1.165, 1.54) is 51.5 Å². The number of ether oxygens (including phenoxy) is 3. The van der Waals surface area contributed by atoms with E-state index in [2.05, 4.69) is 135 Å². The van der Waals surface area contributed by atoms with Crippen LogP contribution >= 0.6 is 23.2 Å². The van der Waals surface area contributed by atoms with Crippen LogP contribution in [0.15, 0.2) is 183 Å². The minimum atomic E-state index is -4.58. The number of halogens is 2. The third-order valence-corrected chi connectivity index (χ3v) is 18.0. The van der Waals surface area contributed by atoms with Crippen molar-refractivity contribution in [1.29, 1.82) is 0 Å². The fourth-order valence-corrected chi connectivity index (χ4v) is 12.5. The number of para-hydroxylation sites is 1. The van der Waals surface area contributed by atoms with Crippen molar-refractivity contribution in [2.75, 3.05) is 75.9 Å². The molecule has 0 saturated heterocycles.